The SMILES string of the molecule is C=CC[C@@]1(C)C[C@H](c2cccc(Cl)c2)C(c2ccc(Cl)cc2)N([C@H](CNS(=O)(=O)Cc2cccnc2)C2CC2)C1=O. The van der Waals surface area contributed by atoms with Crippen LogP contribution in [0.2, 0.25) is 10.0 Å². The van der Waals surface area contributed by atoms with Crippen LogP contribution in [0.4, 0.5) is 0 Å². The first-order chi connectivity index (χ1) is 19.6. The van der Waals surface area contributed by atoms with Crippen molar-refractivity contribution in [3.8, 4) is 0 Å². The first kappa shape index (κ1) is 29.8. The van der Waals surface area contributed by atoms with Crippen LogP contribution in [0.15, 0.2) is 85.7 Å². The second-order valence-electron chi connectivity index (χ2n) is 11.5. The molecule has 1 N–H and O–H groups in total. The van der Waals surface area contributed by atoms with E-state index < -0.39 is 15.4 Å². The topological polar surface area (TPSA) is 79.4 Å². The van der Waals surface area contributed by atoms with E-state index in [2.05, 4.69) is 22.4 Å². The minimum Gasteiger partial charge on any atom is -0.330 e. The van der Waals surface area contributed by atoms with Gasteiger partial charge in [-0.1, -0.05) is 66.5 Å². The quantitative estimate of drug-likeness (QED) is 0.238. The molecule has 4 atom stereocenters. The molecule has 0 radical (unpaired) electrons. The molecular formula is C32H35Cl2N3O3S. The maximum Gasteiger partial charge on any atom is 0.229 e. The monoisotopic (exact) mass is 611 g/mol. The van der Waals surface area contributed by atoms with Crippen molar-refractivity contribution in [2.24, 2.45) is 11.3 Å². The molecule has 216 valence electrons. The summed E-state index contributed by atoms with van der Waals surface area (Å²) in [7, 11) is -3.67. The Labute approximate surface area is 252 Å². The molecule has 1 amide bonds. The number of hydrogen-bond donors (Lipinski definition) is 1. The fourth-order valence-electron chi connectivity index (χ4n) is 6.19. The van der Waals surface area contributed by atoms with E-state index in [0.29, 0.717) is 28.5 Å². The lowest BCUT2D eigenvalue weighted by atomic mass is 9.67. The highest BCUT2D eigenvalue weighted by Crippen LogP contribution is 2.54. The lowest BCUT2D eigenvalue weighted by molar-refractivity contribution is -0.155. The number of allylic oxidation sites excluding steroid dienone is 1. The van der Waals surface area contributed by atoms with Crippen LogP contribution in [0, 0.1) is 11.3 Å². The van der Waals surface area contributed by atoms with Gasteiger partial charge in [-0.15, -0.1) is 6.58 Å². The number of sulfonamides is 1. The third-order valence-corrected chi connectivity index (χ3v) is 10.1. The third-order valence-electron chi connectivity index (χ3n) is 8.30. The summed E-state index contributed by atoms with van der Waals surface area (Å²) in [6.45, 7) is 6.09. The lowest BCUT2D eigenvalue weighted by Gasteiger charge is -2.52. The van der Waals surface area contributed by atoms with Crippen LogP contribution < -0.4 is 4.72 Å². The molecule has 0 spiro atoms. The van der Waals surface area contributed by atoms with Crippen LogP contribution in [0.5, 0.6) is 0 Å². The van der Waals surface area contributed by atoms with Crippen molar-refractivity contribution in [3.63, 3.8) is 0 Å². The van der Waals surface area contributed by atoms with Gasteiger partial charge in [0.1, 0.15) is 0 Å². The molecule has 0 bridgehead atoms. The van der Waals surface area contributed by atoms with Crippen molar-refractivity contribution in [1.29, 1.82) is 0 Å². The van der Waals surface area contributed by atoms with E-state index >= 15 is 0 Å². The van der Waals surface area contributed by atoms with Gasteiger partial charge in [-0.25, -0.2) is 13.1 Å². The van der Waals surface area contributed by atoms with E-state index in [1.54, 1.807) is 30.6 Å². The fourth-order valence-corrected chi connectivity index (χ4v) is 7.65. The molecule has 1 saturated heterocycles. The number of amides is 1. The van der Waals surface area contributed by atoms with Gasteiger partial charge in [0.25, 0.3) is 0 Å². The van der Waals surface area contributed by atoms with Crippen LogP contribution in [-0.4, -0.2) is 36.8 Å². The van der Waals surface area contributed by atoms with Gasteiger partial charge >= 0.3 is 0 Å². The highest BCUT2D eigenvalue weighted by Gasteiger charge is 2.53. The molecule has 2 fully saturated rings. The number of carbonyl (C=O) groups is 1. The van der Waals surface area contributed by atoms with Crippen molar-refractivity contribution in [3.05, 3.63) is 112 Å². The number of halogens is 2. The highest BCUT2D eigenvalue weighted by molar-refractivity contribution is 7.88. The van der Waals surface area contributed by atoms with Gasteiger partial charge in [0.15, 0.2) is 0 Å². The Kier molecular flexibility index (Phi) is 8.90. The summed E-state index contributed by atoms with van der Waals surface area (Å²) in [5.74, 6) is -0.0442. The summed E-state index contributed by atoms with van der Waals surface area (Å²) in [5, 5.41) is 1.24. The van der Waals surface area contributed by atoms with Crippen LogP contribution >= 0.6 is 23.2 Å². The average Bonchev–Trinajstić information content (AvgIpc) is 3.77. The Hall–Kier alpha value is -2.71. The Morgan fingerprint density at radius 2 is 1.85 bits per heavy atom. The first-order valence-corrected chi connectivity index (χ1v) is 16.3. The number of benzene rings is 2. The largest absolute Gasteiger partial charge is 0.330 e. The fraction of sp³-hybridized carbons (Fsp3) is 0.375. The number of likely N-dealkylation sites (tertiary alicyclic amines) is 1. The normalized spacial score (nSPS) is 23.8. The van der Waals surface area contributed by atoms with Crippen molar-refractivity contribution < 1.29 is 13.2 Å². The predicted octanol–water partition coefficient (Wildman–Crippen LogP) is 6.93. The lowest BCUT2D eigenvalue weighted by Crippen LogP contribution is -2.58. The Morgan fingerprint density at radius 3 is 2.49 bits per heavy atom. The summed E-state index contributed by atoms with van der Waals surface area (Å²) in [6, 6.07) is 18.3. The number of nitrogens with one attached hydrogen (secondary N) is 1. The number of pyridine rings is 1. The van der Waals surface area contributed by atoms with Gasteiger partial charge in [0, 0.05) is 40.9 Å². The Bertz CT molecular complexity index is 1500. The van der Waals surface area contributed by atoms with Crippen LogP contribution in [0.3, 0.4) is 0 Å². The van der Waals surface area contributed by atoms with Crippen molar-refractivity contribution >= 4 is 39.1 Å². The maximum absolute atomic E-state index is 14.6. The van der Waals surface area contributed by atoms with Gasteiger partial charge in [-0.05, 0) is 78.6 Å². The molecule has 6 nitrogen and oxygen atoms in total. The standard InChI is InChI=1S/C32H35Cl2N3O3S/c1-3-15-32(2)18-28(25-7-4-8-27(34)17-25)30(24-11-13-26(33)14-12-24)37(31(32)38)29(23-9-10-23)20-36-41(39,40)21-22-6-5-16-35-19-22/h3-8,11-14,16-17,19,23,28-30,36H,1,9-10,15,18,20-21H2,2H3/t28-,29-,30?,32+/m1/s1. The van der Waals surface area contributed by atoms with E-state index in [1.165, 1.54) is 0 Å². The van der Waals surface area contributed by atoms with Crippen molar-refractivity contribution in [2.75, 3.05) is 6.54 Å². The highest BCUT2D eigenvalue weighted by atomic mass is 35.5. The number of carbonyl (C=O) groups excluding carboxylic acids is 1. The molecule has 1 saturated carbocycles. The van der Waals surface area contributed by atoms with Gasteiger partial charge in [0.05, 0.1) is 17.2 Å². The minimum absolute atomic E-state index is 0.0129. The molecular weight excluding hydrogens is 577 g/mol. The smallest absolute Gasteiger partial charge is 0.229 e. The third kappa shape index (κ3) is 6.86. The van der Waals surface area contributed by atoms with Gasteiger partial charge in [0.2, 0.25) is 15.9 Å². The molecule has 1 aromatic heterocycles. The summed E-state index contributed by atoms with van der Waals surface area (Å²) in [6.07, 6.45) is 7.96. The summed E-state index contributed by atoms with van der Waals surface area (Å²) < 4.78 is 29.2. The summed E-state index contributed by atoms with van der Waals surface area (Å²) in [5.41, 5.74) is 1.89. The van der Waals surface area contributed by atoms with E-state index in [4.69, 9.17) is 23.2 Å². The second kappa shape index (κ2) is 12.3. The molecule has 5 rings (SSSR count). The number of piperidine rings is 1. The summed E-state index contributed by atoms with van der Waals surface area (Å²) in [4.78, 5) is 20.6. The molecule has 1 aliphatic heterocycles. The van der Waals surface area contributed by atoms with E-state index in [1.807, 2.05) is 54.3 Å². The molecule has 2 aromatic carbocycles. The number of nitrogens with zero attached hydrogens (tertiary/aromatic N) is 2. The number of hydrogen-bond acceptors (Lipinski definition) is 4. The molecule has 41 heavy (non-hydrogen) atoms. The summed E-state index contributed by atoms with van der Waals surface area (Å²) >= 11 is 12.7. The molecule has 3 aromatic rings. The first-order valence-electron chi connectivity index (χ1n) is 13.9. The van der Waals surface area contributed by atoms with Crippen LogP contribution in [0.25, 0.3) is 0 Å². The Balaban J connectivity index is 1.56. The molecule has 1 aliphatic carbocycles. The van der Waals surface area contributed by atoms with Crippen LogP contribution in [0.1, 0.15) is 61.3 Å². The van der Waals surface area contributed by atoms with E-state index in [9.17, 15) is 13.2 Å². The minimum atomic E-state index is -3.67. The van der Waals surface area contributed by atoms with Crippen LogP contribution in [-0.2, 0) is 20.6 Å². The van der Waals surface area contributed by atoms with E-state index in [0.717, 1.165) is 24.0 Å². The van der Waals surface area contributed by atoms with Gasteiger partial charge in [-0.2, -0.15) is 0 Å². The van der Waals surface area contributed by atoms with Gasteiger partial charge < -0.3 is 4.90 Å². The molecule has 9 heteroatoms. The van der Waals surface area contributed by atoms with Gasteiger partial charge in [-0.3, -0.25) is 9.78 Å². The maximum atomic E-state index is 14.6. The average molecular weight is 613 g/mol. The molecule has 2 heterocycles. The number of aromatic nitrogens is 1. The zero-order valence-electron chi connectivity index (χ0n) is 23.0. The zero-order valence-corrected chi connectivity index (χ0v) is 25.4. The predicted molar refractivity (Wildman–Crippen MR) is 164 cm³/mol. The van der Waals surface area contributed by atoms with Crippen molar-refractivity contribution in [2.45, 2.75) is 56.4 Å². The Morgan fingerprint density at radius 1 is 1.10 bits per heavy atom. The van der Waals surface area contributed by atoms with Crippen molar-refractivity contribution in [1.82, 2.24) is 14.6 Å². The molecule has 1 unspecified atom stereocenters. The zero-order chi connectivity index (χ0) is 29.2. The number of rotatable bonds is 11. The second-order valence-corrected chi connectivity index (χ2v) is 14.2. The van der Waals surface area contributed by atoms with E-state index in [-0.39, 0.29) is 42.1 Å². The molecule has 2 aliphatic rings.